The molecular formula is C17H17ClN4O. The lowest BCUT2D eigenvalue weighted by Gasteiger charge is -2.10. The van der Waals surface area contributed by atoms with Crippen molar-refractivity contribution in [2.75, 3.05) is 5.32 Å². The van der Waals surface area contributed by atoms with Gasteiger partial charge in [0.05, 0.1) is 5.69 Å². The van der Waals surface area contributed by atoms with Crippen LogP contribution in [0.2, 0.25) is 5.15 Å². The second-order valence-electron chi connectivity index (χ2n) is 5.56. The van der Waals surface area contributed by atoms with E-state index in [1.165, 1.54) is 0 Å². The average Bonchev–Trinajstić information content (AvgIpc) is 2.95. The molecule has 23 heavy (non-hydrogen) atoms. The Morgan fingerprint density at radius 3 is 2.65 bits per heavy atom. The first-order valence-electron chi connectivity index (χ1n) is 7.34. The van der Waals surface area contributed by atoms with Gasteiger partial charge in [0.2, 0.25) is 0 Å². The SMILES string of the molecule is CC(C)NC(=O)c1ccc(Nc2cc(Cl)nc3[nH]ccc23)cc1. The van der Waals surface area contributed by atoms with Crippen LogP contribution in [0.25, 0.3) is 11.0 Å². The number of aromatic nitrogens is 2. The lowest BCUT2D eigenvalue weighted by atomic mass is 10.1. The Morgan fingerprint density at radius 1 is 1.22 bits per heavy atom. The van der Waals surface area contributed by atoms with Gasteiger partial charge in [0.1, 0.15) is 10.8 Å². The molecule has 2 heterocycles. The summed E-state index contributed by atoms with van der Waals surface area (Å²) in [6.45, 7) is 3.87. The number of hydrogen-bond acceptors (Lipinski definition) is 3. The lowest BCUT2D eigenvalue weighted by molar-refractivity contribution is 0.0943. The number of benzene rings is 1. The fourth-order valence-corrected chi connectivity index (χ4v) is 2.51. The number of nitrogens with zero attached hydrogens (tertiary/aromatic N) is 1. The molecule has 0 saturated heterocycles. The van der Waals surface area contributed by atoms with Crippen LogP contribution in [-0.4, -0.2) is 21.9 Å². The standard InChI is InChI=1S/C17H17ClN4O/c1-10(2)20-17(23)11-3-5-12(6-4-11)21-14-9-15(18)22-16-13(14)7-8-19-16/h3-10H,1-2H3,(H,20,23)(H2,19,21,22). The van der Waals surface area contributed by atoms with Crippen LogP contribution in [0.4, 0.5) is 11.4 Å². The van der Waals surface area contributed by atoms with Gasteiger partial charge in [0.15, 0.2) is 0 Å². The zero-order valence-electron chi connectivity index (χ0n) is 12.9. The molecule has 1 amide bonds. The van der Waals surface area contributed by atoms with E-state index in [1.807, 2.05) is 38.2 Å². The molecule has 3 rings (SSSR count). The molecule has 0 atom stereocenters. The minimum atomic E-state index is -0.0773. The highest BCUT2D eigenvalue weighted by Crippen LogP contribution is 2.27. The molecule has 0 aliphatic rings. The average molecular weight is 329 g/mol. The zero-order chi connectivity index (χ0) is 16.4. The van der Waals surface area contributed by atoms with E-state index in [1.54, 1.807) is 18.2 Å². The minimum absolute atomic E-state index is 0.0773. The first kappa shape index (κ1) is 15.4. The molecule has 0 saturated carbocycles. The molecule has 118 valence electrons. The Bertz CT molecular complexity index is 839. The molecule has 5 nitrogen and oxygen atoms in total. The van der Waals surface area contributed by atoms with E-state index in [2.05, 4.69) is 20.6 Å². The predicted molar refractivity (Wildman–Crippen MR) is 93.4 cm³/mol. The maximum atomic E-state index is 11.9. The van der Waals surface area contributed by atoms with Gasteiger partial charge in [-0.05, 0) is 50.2 Å². The van der Waals surface area contributed by atoms with E-state index in [4.69, 9.17) is 11.6 Å². The Labute approximate surface area is 139 Å². The molecule has 0 aliphatic carbocycles. The number of carbonyl (C=O) groups excluding carboxylic acids is 1. The lowest BCUT2D eigenvalue weighted by Crippen LogP contribution is -2.29. The minimum Gasteiger partial charge on any atom is -0.355 e. The van der Waals surface area contributed by atoms with Crippen molar-refractivity contribution >= 4 is 39.9 Å². The van der Waals surface area contributed by atoms with Crippen LogP contribution in [0, 0.1) is 0 Å². The molecule has 2 aromatic heterocycles. The van der Waals surface area contributed by atoms with Gasteiger partial charge in [-0.1, -0.05) is 11.6 Å². The number of nitrogens with one attached hydrogen (secondary N) is 3. The number of aromatic amines is 1. The Morgan fingerprint density at radius 2 is 1.96 bits per heavy atom. The number of halogens is 1. The molecule has 0 aliphatic heterocycles. The largest absolute Gasteiger partial charge is 0.355 e. The topological polar surface area (TPSA) is 69.8 Å². The van der Waals surface area contributed by atoms with E-state index < -0.39 is 0 Å². The highest BCUT2D eigenvalue weighted by atomic mass is 35.5. The van der Waals surface area contributed by atoms with Crippen LogP contribution in [0.15, 0.2) is 42.6 Å². The van der Waals surface area contributed by atoms with Crippen LogP contribution < -0.4 is 10.6 Å². The molecule has 0 fully saturated rings. The zero-order valence-corrected chi connectivity index (χ0v) is 13.6. The third-order valence-corrected chi connectivity index (χ3v) is 3.54. The number of amides is 1. The molecule has 0 spiro atoms. The molecule has 6 heteroatoms. The quantitative estimate of drug-likeness (QED) is 0.631. The number of H-pyrrole nitrogens is 1. The fourth-order valence-electron chi connectivity index (χ4n) is 2.32. The van der Waals surface area contributed by atoms with Gasteiger partial charge in [-0.3, -0.25) is 4.79 Å². The molecule has 1 aromatic carbocycles. The number of fused-ring (bicyclic) bond motifs is 1. The van der Waals surface area contributed by atoms with Gasteiger partial charge in [0, 0.05) is 28.9 Å². The van der Waals surface area contributed by atoms with E-state index in [0.717, 1.165) is 22.4 Å². The molecule has 3 N–H and O–H groups in total. The Kier molecular flexibility index (Phi) is 4.21. The van der Waals surface area contributed by atoms with Crippen molar-refractivity contribution < 1.29 is 4.79 Å². The van der Waals surface area contributed by atoms with E-state index >= 15 is 0 Å². The fraction of sp³-hybridized carbons (Fsp3) is 0.176. The molecule has 0 unspecified atom stereocenters. The van der Waals surface area contributed by atoms with Crippen molar-refractivity contribution in [1.29, 1.82) is 0 Å². The van der Waals surface area contributed by atoms with Gasteiger partial charge in [-0.25, -0.2) is 4.98 Å². The number of carbonyl (C=O) groups is 1. The molecule has 0 radical (unpaired) electrons. The van der Waals surface area contributed by atoms with Crippen LogP contribution in [0.1, 0.15) is 24.2 Å². The monoisotopic (exact) mass is 328 g/mol. The van der Waals surface area contributed by atoms with Gasteiger partial charge in [-0.15, -0.1) is 0 Å². The van der Waals surface area contributed by atoms with Crippen molar-refractivity contribution in [1.82, 2.24) is 15.3 Å². The highest BCUT2D eigenvalue weighted by Gasteiger charge is 2.08. The summed E-state index contributed by atoms with van der Waals surface area (Å²) >= 11 is 6.04. The van der Waals surface area contributed by atoms with Gasteiger partial charge >= 0.3 is 0 Å². The van der Waals surface area contributed by atoms with Crippen molar-refractivity contribution in [3.63, 3.8) is 0 Å². The normalized spacial score (nSPS) is 11.0. The predicted octanol–water partition coefficient (Wildman–Crippen LogP) is 4.10. The second-order valence-corrected chi connectivity index (χ2v) is 5.95. The summed E-state index contributed by atoms with van der Waals surface area (Å²) in [5.74, 6) is -0.0773. The maximum Gasteiger partial charge on any atom is 0.251 e. The molecular weight excluding hydrogens is 312 g/mol. The van der Waals surface area contributed by atoms with Crippen molar-refractivity contribution in [3.8, 4) is 0 Å². The van der Waals surface area contributed by atoms with Crippen LogP contribution in [-0.2, 0) is 0 Å². The van der Waals surface area contributed by atoms with Crippen molar-refractivity contribution in [2.24, 2.45) is 0 Å². The first-order valence-corrected chi connectivity index (χ1v) is 7.72. The molecule has 0 bridgehead atoms. The van der Waals surface area contributed by atoms with E-state index in [-0.39, 0.29) is 11.9 Å². The van der Waals surface area contributed by atoms with Crippen LogP contribution >= 0.6 is 11.6 Å². The summed E-state index contributed by atoms with van der Waals surface area (Å²) in [5, 5.41) is 7.54. The third-order valence-electron chi connectivity index (χ3n) is 3.34. The smallest absolute Gasteiger partial charge is 0.251 e. The molecule has 3 aromatic rings. The highest BCUT2D eigenvalue weighted by molar-refractivity contribution is 6.30. The first-order chi connectivity index (χ1) is 11.0. The summed E-state index contributed by atoms with van der Waals surface area (Å²) < 4.78 is 0. The van der Waals surface area contributed by atoms with Crippen LogP contribution in [0.3, 0.4) is 0 Å². The summed E-state index contributed by atoms with van der Waals surface area (Å²) in [4.78, 5) is 19.2. The van der Waals surface area contributed by atoms with Gasteiger partial charge in [-0.2, -0.15) is 0 Å². The summed E-state index contributed by atoms with van der Waals surface area (Å²) in [5.41, 5.74) is 3.09. The van der Waals surface area contributed by atoms with E-state index in [0.29, 0.717) is 10.7 Å². The maximum absolute atomic E-state index is 11.9. The van der Waals surface area contributed by atoms with E-state index in [9.17, 15) is 4.79 Å². The summed E-state index contributed by atoms with van der Waals surface area (Å²) in [6, 6.07) is 11.1. The number of pyridine rings is 1. The third kappa shape index (κ3) is 3.46. The second kappa shape index (κ2) is 6.30. The van der Waals surface area contributed by atoms with Crippen molar-refractivity contribution in [2.45, 2.75) is 19.9 Å². The number of hydrogen-bond donors (Lipinski definition) is 3. The van der Waals surface area contributed by atoms with Crippen LogP contribution in [0.5, 0.6) is 0 Å². The van der Waals surface area contributed by atoms with Gasteiger partial charge in [0.25, 0.3) is 5.91 Å². The van der Waals surface area contributed by atoms with Crippen molar-refractivity contribution in [3.05, 3.63) is 53.3 Å². The number of anilines is 2. The summed E-state index contributed by atoms with van der Waals surface area (Å²) in [7, 11) is 0. The summed E-state index contributed by atoms with van der Waals surface area (Å²) in [6.07, 6.45) is 1.82. The number of rotatable bonds is 4. The van der Waals surface area contributed by atoms with Gasteiger partial charge < -0.3 is 15.6 Å². The Balaban J connectivity index is 1.83. The Hall–Kier alpha value is -2.53.